The fraction of sp³-hybridized carbons (Fsp3) is 0.200. The Bertz CT molecular complexity index is 295. The molecule has 1 rings (SSSR count). The zero-order chi connectivity index (χ0) is 10.4. The van der Waals surface area contributed by atoms with Crippen LogP contribution < -0.4 is 5.32 Å². The quantitative estimate of drug-likeness (QED) is 0.764. The molecule has 2 heteroatoms. The standard InChI is InChI=1S/C10H13N.ClH/c1-11-9-5-8-10-6-3-2-4-7-10;/h2-8,11H,9H2,1H3;1H/b8-5+;/i1D3;. The van der Waals surface area contributed by atoms with Crippen LogP contribution >= 0.6 is 12.4 Å². The molecular formula is C10H14ClN. The number of nitrogens with one attached hydrogen (secondary N) is 1. The first-order valence-electron chi connectivity index (χ1n) is 5.04. The Morgan fingerprint density at radius 3 is 2.83 bits per heavy atom. The van der Waals surface area contributed by atoms with Crippen molar-refractivity contribution in [2.45, 2.75) is 0 Å². The number of benzene rings is 1. The van der Waals surface area contributed by atoms with E-state index in [4.69, 9.17) is 4.11 Å². The molecule has 0 saturated heterocycles. The summed E-state index contributed by atoms with van der Waals surface area (Å²) in [4.78, 5) is 0. The third-order valence-corrected chi connectivity index (χ3v) is 1.33. The van der Waals surface area contributed by atoms with Crippen molar-refractivity contribution >= 4 is 18.5 Å². The van der Waals surface area contributed by atoms with Gasteiger partial charge in [-0.1, -0.05) is 42.5 Å². The second-order valence-electron chi connectivity index (χ2n) is 2.19. The van der Waals surface area contributed by atoms with Crippen LogP contribution in [0.5, 0.6) is 0 Å². The van der Waals surface area contributed by atoms with E-state index in [0.717, 1.165) is 5.56 Å². The second kappa shape index (κ2) is 6.89. The minimum absolute atomic E-state index is 0. The normalized spacial score (nSPS) is 14.5. The van der Waals surface area contributed by atoms with Crippen molar-refractivity contribution in [2.24, 2.45) is 0 Å². The Balaban J connectivity index is 0.00000196. The summed E-state index contributed by atoms with van der Waals surface area (Å²) >= 11 is 0. The van der Waals surface area contributed by atoms with E-state index in [0.29, 0.717) is 6.54 Å². The van der Waals surface area contributed by atoms with Gasteiger partial charge in [0.05, 0.1) is 0 Å². The van der Waals surface area contributed by atoms with Crippen LogP contribution in [0.4, 0.5) is 0 Å². The SMILES string of the molecule is Cl.[2H]C([2H])([2H])NC/C=C/c1ccccc1. The summed E-state index contributed by atoms with van der Waals surface area (Å²) in [6.07, 6.45) is 3.68. The molecule has 0 amide bonds. The van der Waals surface area contributed by atoms with Crippen molar-refractivity contribution in [2.75, 3.05) is 13.5 Å². The summed E-state index contributed by atoms with van der Waals surface area (Å²) in [7, 11) is 0. The van der Waals surface area contributed by atoms with Crippen LogP contribution in [-0.2, 0) is 0 Å². The Morgan fingerprint density at radius 1 is 1.42 bits per heavy atom. The van der Waals surface area contributed by atoms with Gasteiger partial charge in [0, 0.05) is 10.7 Å². The molecule has 0 aliphatic rings. The van der Waals surface area contributed by atoms with Crippen LogP contribution in [-0.4, -0.2) is 13.5 Å². The molecule has 1 aromatic rings. The van der Waals surface area contributed by atoms with Gasteiger partial charge < -0.3 is 5.32 Å². The maximum Gasteiger partial charge on any atom is 0.0391 e. The topological polar surface area (TPSA) is 12.0 Å². The highest BCUT2D eigenvalue weighted by molar-refractivity contribution is 5.85. The number of hydrogen-bond acceptors (Lipinski definition) is 1. The van der Waals surface area contributed by atoms with Crippen LogP contribution in [0.2, 0.25) is 0 Å². The summed E-state index contributed by atoms with van der Waals surface area (Å²) in [6.45, 7) is -1.70. The first-order valence-corrected chi connectivity index (χ1v) is 3.54. The summed E-state index contributed by atoms with van der Waals surface area (Å²) in [5.41, 5.74) is 1.07. The predicted octanol–water partition coefficient (Wildman–Crippen LogP) is 2.34. The van der Waals surface area contributed by atoms with Crippen LogP contribution in [0.1, 0.15) is 9.68 Å². The zero-order valence-electron chi connectivity index (χ0n) is 9.66. The van der Waals surface area contributed by atoms with Gasteiger partial charge in [0.1, 0.15) is 0 Å². The molecule has 0 radical (unpaired) electrons. The van der Waals surface area contributed by atoms with E-state index in [2.05, 4.69) is 5.32 Å². The minimum atomic E-state index is -2.05. The molecule has 1 N–H and O–H groups in total. The molecule has 0 aliphatic carbocycles. The third-order valence-electron chi connectivity index (χ3n) is 1.33. The van der Waals surface area contributed by atoms with E-state index in [1.165, 1.54) is 0 Å². The molecule has 1 nitrogen and oxygen atoms in total. The molecule has 0 spiro atoms. The summed E-state index contributed by atoms with van der Waals surface area (Å²) in [6, 6.07) is 9.75. The Hall–Kier alpha value is -0.790. The molecule has 0 aliphatic heterocycles. The maximum absolute atomic E-state index is 6.90. The van der Waals surface area contributed by atoms with Gasteiger partial charge in [-0.05, 0) is 12.5 Å². The van der Waals surface area contributed by atoms with E-state index >= 15 is 0 Å². The minimum Gasteiger partial charge on any atom is -0.316 e. The van der Waals surface area contributed by atoms with Crippen molar-refractivity contribution in [1.82, 2.24) is 5.32 Å². The van der Waals surface area contributed by atoms with Gasteiger partial charge >= 0.3 is 0 Å². The molecule has 1 aromatic carbocycles. The largest absolute Gasteiger partial charge is 0.316 e. The second-order valence-corrected chi connectivity index (χ2v) is 2.19. The molecule has 12 heavy (non-hydrogen) atoms. The molecule has 0 unspecified atom stereocenters. The molecule has 0 aromatic heterocycles. The lowest BCUT2D eigenvalue weighted by Crippen LogP contribution is -2.03. The number of halogens is 1. The van der Waals surface area contributed by atoms with E-state index < -0.39 is 6.98 Å². The average Bonchev–Trinajstić information content (AvgIpc) is 2.13. The van der Waals surface area contributed by atoms with Gasteiger partial charge in [0.15, 0.2) is 0 Å². The lowest BCUT2D eigenvalue weighted by molar-refractivity contribution is 0.922. The number of likely N-dealkylation sites (N-methyl/N-ethyl adjacent to an activating group) is 1. The maximum atomic E-state index is 6.90. The van der Waals surface area contributed by atoms with Gasteiger partial charge in [-0.3, -0.25) is 0 Å². The van der Waals surface area contributed by atoms with E-state index in [1.807, 2.05) is 36.4 Å². The fourth-order valence-corrected chi connectivity index (χ4v) is 0.818. The summed E-state index contributed by atoms with van der Waals surface area (Å²) in [5.74, 6) is 0. The highest BCUT2D eigenvalue weighted by Crippen LogP contribution is 1.99. The van der Waals surface area contributed by atoms with Crippen molar-refractivity contribution in [3.63, 3.8) is 0 Å². The molecule has 0 saturated carbocycles. The van der Waals surface area contributed by atoms with Crippen LogP contribution in [0.15, 0.2) is 36.4 Å². The van der Waals surface area contributed by atoms with Crippen molar-refractivity contribution in [3.8, 4) is 0 Å². The van der Waals surface area contributed by atoms with Gasteiger partial charge in [-0.25, -0.2) is 0 Å². The first-order chi connectivity index (χ1) is 6.58. The highest BCUT2D eigenvalue weighted by atomic mass is 35.5. The lowest BCUT2D eigenvalue weighted by Gasteiger charge is -1.90. The molecule has 0 fully saturated rings. The molecule has 0 atom stereocenters. The van der Waals surface area contributed by atoms with Crippen LogP contribution in [0, 0.1) is 0 Å². The van der Waals surface area contributed by atoms with Crippen LogP contribution in [0.3, 0.4) is 0 Å². The van der Waals surface area contributed by atoms with Crippen molar-refractivity contribution < 1.29 is 4.11 Å². The van der Waals surface area contributed by atoms with Gasteiger partial charge in [-0.15, -0.1) is 12.4 Å². The summed E-state index contributed by atoms with van der Waals surface area (Å²) < 4.78 is 20.7. The highest BCUT2D eigenvalue weighted by Gasteiger charge is 1.79. The van der Waals surface area contributed by atoms with E-state index in [-0.39, 0.29) is 12.4 Å². The third kappa shape index (κ3) is 4.16. The smallest absolute Gasteiger partial charge is 0.0391 e. The van der Waals surface area contributed by atoms with Gasteiger partial charge in [0.25, 0.3) is 0 Å². The van der Waals surface area contributed by atoms with Crippen molar-refractivity contribution in [3.05, 3.63) is 42.0 Å². The molecule has 0 heterocycles. The number of hydrogen-bond donors (Lipinski definition) is 1. The molecular weight excluding hydrogens is 170 g/mol. The Kier molecular flexibility index (Phi) is 3.85. The summed E-state index contributed by atoms with van der Waals surface area (Å²) in [5, 5.41) is 2.41. The average molecular weight is 187 g/mol. The Morgan fingerprint density at radius 2 is 2.17 bits per heavy atom. The van der Waals surface area contributed by atoms with E-state index in [9.17, 15) is 0 Å². The van der Waals surface area contributed by atoms with Gasteiger partial charge in [0.2, 0.25) is 0 Å². The first kappa shape index (κ1) is 6.70. The lowest BCUT2D eigenvalue weighted by atomic mass is 10.2. The fourth-order valence-electron chi connectivity index (χ4n) is 0.818. The van der Waals surface area contributed by atoms with Gasteiger partial charge in [-0.2, -0.15) is 0 Å². The predicted molar refractivity (Wildman–Crippen MR) is 56.7 cm³/mol. The monoisotopic (exact) mass is 186 g/mol. The number of rotatable bonds is 3. The Labute approximate surface area is 84.1 Å². The molecule has 0 bridgehead atoms. The van der Waals surface area contributed by atoms with E-state index in [1.54, 1.807) is 6.08 Å². The zero-order valence-corrected chi connectivity index (χ0v) is 7.47. The van der Waals surface area contributed by atoms with Crippen molar-refractivity contribution in [1.29, 1.82) is 0 Å². The van der Waals surface area contributed by atoms with Crippen LogP contribution in [0.25, 0.3) is 6.08 Å². The molecule has 66 valence electrons.